The van der Waals surface area contributed by atoms with E-state index in [1.807, 2.05) is 119 Å². The Balaban J connectivity index is 0.000000179. The molecular weight excluding hydrogens is 1830 g/mol. The van der Waals surface area contributed by atoms with Crippen LogP contribution in [0, 0.1) is 22.7 Å². The highest BCUT2D eigenvalue weighted by molar-refractivity contribution is 7.55. The third-order valence-electron chi connectivity index (χ3n) is 33.0. The first-order valence-corrected chi connectivity index (χ1v) is 52.0. The maximum Gasteiger partial charge on any atom is 0.408 e. The van der Waals surface area contributed by atoms with Gasteiger partial charge < -0.3 is 102 Å². The lowest BCUT2D eigenvalue weighted by Gasteiger charge is -2.63. The summed E-state index contributed by atoms with van der Waals surface area (Å²) in [7, 11) is 2.93. The van der Waals surface area contributed by atoms with Gasteiger partial charge in [0.2, 0.25) is 23.5 Å². The van der Waals surface area contributed by atoms with Gasteiger partial charge in [-0.25, -0.2) is 14.4 Å². The number of esters is 4. The van der Waals surface area contributed by atoms with E-state index >= 15 is 9.59 Å². The summed E-state index contributed by atoms with van der Waals surface area (Å²) in [6.45, 7) is 21.0. The molecule has 4 bridgehead atoms. The molecule has 0 radical (unpaired) electrons. The van der Waals surface area contributed by atoms with Gasteiger partial charge in [0.15, 0.2) is 6.10 Å². The molecule has 4 saturated heterocycles. The molecule has 6 aromatic rings. The van der Waals surface area contributed by atoms with Crippen LogP contribution in [0.5, 0.6) is 11.5 Å². The van der Waals surface area contributed by atoms with Crippen molar-refractivity contribution in [2.75, 3.05) is 164 Å². The van der Waals surface area contributed by atoms with Crippen LogP contribution in [-0.4, -0.2) is 310 Å². The maximum atomic E-state index is 15.5. The number of fused-ring (bicyclic) bond motifs is 12. The molecule has 20 atom stereocenters. The summed E-state index contributed by atoms with van der Waals surface area (Å²) in [5.74, 6) is -3.38. The average Bonchev–Trinajstić information content (AvgIpc) is 1.50. The van der Waals surface area contributed by atoms with Gasteiger partial charge in [-0.15, -0.1) is 0 Å². The van der Waals surface area contributed by atoms with Gasteiger partial charge >= 0.3 is 45.2 Å². The van der Waals surface area contributed by atoms with Crippen LogP contribution < -0.4 is 24.6 Å². The number of alkyl carbamates (subject to hydrolysis) is 1. The van der Waals surface area contributed by atoms with Gasteiger partial charge in [-0.3, -0.25) is 47.9 Å². The lowest BCUT2D eigenvalue weighted by atomic mass is 9.47. The van der Waals surface area contributed by atoms with Crippen molar-refractivity contribution in [3.05, 3.63) is 152 Å². The number of benzene rings is 4. The second-order valence-corrected chi connectivity index (χ2v) is 43.6. The van der Waals surface area contributed by atoms with Crippen molar-refractivity contribution < 1.29 is 119 Å². The molecule has 139 heavy (non-hydrogen) atoms. The molecule has 10 aliphatic heterocycles. The van der Waals surface area contributed by atoms with E-state index in [2.05, 4.69) is 57.0 Å². The second kappa shape index (κ2) is 38.9. The number of aromatic amines is 2. The topological polar surface area (TPSA) is 468 Å². The minimum Gasteiger partial charge on any atom is -0.496 e. The van der Waals surface area contributed by atoms with E-state index < -0.39 is 149 Å². The number of likely N-dealkylation sites (N-methyl/N-ethyl adjacent to an activating group) is 1. The van der Waals surface area contributed by atoms with E-state index in [1.54, 1.807) is 40.9 Å². The van der Waals surface area contributed by atoms with E-state index in [1.165, 1.54) is 33.3 Å². The van der Waals surface area contributed by atoms with Crippen LogP contribution in [0.1, 0.15) is 164 Å². The number of nitrogens with one attached hydrogen (secondary N) is 3. The molecule has 754 valence electrons. The van der Waals surface area contributed by atoms with Gasteiger partial charge in [0.1, 0.15) is 40.9 Å². The first kappa shape index (κ1) is 102. The minimum absolute atomic E-state index is 0.0450. The van der Waals surface area contributed by atoms with Crippen LogP contribution in [0.4, 0.5) is 16.2 Å². The molecule has 2 aliphatic carbocycles. The number of H-pyrrole nitrogens is 2. The fourth-order valence-electron chi connectivity index (χ4n) is 28.0. The summed E-state index contributed by atoms with van der Waals surface area (Å²) in [6.07, 6.45) is 8.69. The number of aliphatic hydroxyl groups excluding tert-OH is 1. The van der Waals surface area contributed by atoms with Crippen molar-refractivity contribution in [3.8, 4) is 11.5 Å². The first-order valence-electron chi connectivity index (χ1n) is 48.6. The number of aromatic nitrogens is 2. The number of nitrogens with zero attached hydrogens (tertiary/aromatic N) is 9. The highest BCUT2D eigenvalue weighted by atomic mass is 31.2. The summed E-state index contributed by atoms with van der Waals surface area (Å²) >= 11 is 0. The van der Waals surface area contributed by atoms with Gasteiger partial charge in [0.05, 0.1) is 98.1 Å². The molecule has 4 aromatic carbocycles. The fraction of sp³-hybridized carbons (Fsp3) is 0.610. The summed E-state index contributed by atoms with van der Waals surface area (Å²) in [6, 6.07) is 20.6. The largest absolute Gasteiger partial charge is 0.496 e. The van der Waals surface area contributed by atoms with Crippen molar-refractivity contribution in [2.45, 2.75) is 213 Å². The molecule has 12 aliphatic rings. The van der Waals surface area contributed by atoms with Gasteiger partial charge in [-0.1, -0.05) is 88.4 Å². The minimum atomic E-state index is -3.81. The smallest absolute Gasteiger partial charge is 0.408 e. The van der Waals surface area contributed by atoms with Crippen molar-refractivity contribution >= 4 is 90.7 Å². The Kier molecular flexibility index (Phi) is 28.6. The van der Waals surface area contributed by atoms with Crippen LogP contribution in [0.15, 0.2) is 102 Å². The van der Waals surface area contributed by atoms with Gasteiger partial charge in [-0.2, -0.15) is 0 Å². The number of amides is 3. The zero-order valence-corrected chi connectivity index (χ0v) is 83.8. The number of hydrogen-bond donors (Lipinski definition) is 8. The number of azide groups is 1. The molecule has 2 saturated carbocycles. The molecule has 18 rings (SSSR count). The lowest BCUT2D eigenvalue weighted by molar-refractivity contribution is -0.218. The van der Waals surface area contributed by atoms with Crippen LogP contribution in [0.2, 0.25) is 0 Å². The number of carbonyl (C=O) groups excluding carboxylic acids is 7. The number of ether oxygens (including phenoxy) is 7. The number of anilines is 2. The van der Waals surface area contributed by atoms with E-state index in [-0.39, 0.29) is 62.9 Å². The van der Waals surface area contributed by atoms with E-state index in [0.29, 0.717) is 157 Å². The van der Waals surface area contributed by atoms with Crippen molar-refractivity contribution in [1.29, 1.82) is 0 Å². The number of aliphatic hydroxyl groups is 5. The van der Waals surface area contributed by atoms with Crippen molar-refractivity contribution in [2.24, 2.45) is 27.8 Å². The predicted molar refractivity (Wildman–Crippen MR) is 515 cm³/mol. The Hall–Kier alpha value is -9.62. The highest BCUT2D eigenvalue weighted by Crippen LogP contribution is 2.71. The summed E-state index contributed by atoms with van der Waals surface area (Å²) in [4.78, 5) is 121. The normalized spacial score (nSPS) is 33.2. The van der Waals surface area contributed by atoms with Gasteiger partial charge in [0.25, 0.3) is 0 Å². The van der Waals surface area contributed by atoms with E-state index in [4.69, 9.17) is 56.8 Å². The molecule has 37 nitrogen and oxygen atoms in total. The Morgan fingerprint density at radius 2 is 1.00 bits per heavy atom. The number of para-hydroxylation sites is 2. The third kappa shape index (κ3) is 16.0. The quantitative estimate of drug-likeness (QED) is 0.00365. The summed E-state index contributed by atoms with van der Waals surface area (Å²) < 4.78 is 87.2. The molecule has 39 heteroatoms. The maximum absolute atomic E-state index is 15.5. The Morgan fingerprint density at radius 1 is 0.554 bits per heavy atom. The van der Waals surface area contributed by atoms with Crippen LogP contribution in [0.3, 0.4) is 0 Å². The van der Waals surface area contributed by atoms with Gasteiger partial charge in [-0.05, 0) is 187 Å². The third-order valence-corrected chi connectivity index (χ3v) is 36.8. The Bertz CT molecular complexity index is 5950. The molecule has 6 fully saturated rings. The number of hydrogen-bond acceptors (Lipinski definition) is 30. The van der Waals surface area contributed by atoms with Crippen molar-refractivity contribution in [1.82, 2.24) is 34.9 Å². The highest BCUT2D eigenvalue weighted by Gasteiger charge is 2.83. The Morgan fingerprint density at radius 3 is 1.45 bits per heavy atom. The summed E-state index contributed by atoms with van der Waals surface area (Å²) in [5.41, 5.74) is 2.45. The van der Waals surface area contributed by atoms with Crippen LogP contribution in [0.25, 0.3) is 32.2 Å². The Labute approximate surface area is 809 Å². The molecule has 8 N–H and O–H groups in total. The average molecular weight is 1970 g/mol. The van der Waals surface area contributed by atoms with Gasteiger partial charge in [0, 0.05) is 160 Å². The standard InChI is InChI=1S/C50H66N5O13P.C44H56N4O8.C6H12N3O4P/c1-8-46(60)25-31-26-49(43(57)64-6,39-33(17-21-53(27-31)28-46)32-15-12-13-16-36(32)52-39)35-23-34-37(24-38(35)63-5)55(30-56)41-48(34)19-22-54-20-14-18-47(9-2,40(48)54)42(50(41,61)44(58)65-7)68-45(59)51-29-69(62,66-10-3)67-11-4;1-7-40(52)22-26-23-43(38(50)55-5,34-28(14-18-47(24-26)25-40)27-12-9-10-13-31(27)45-34)30-20-29-32(21-33(30)54-4)46(3)36-42(29)16-19-48-17-11-15-41(8-2,35(42)48)37(49)44(36,53)39(51)56-6;1-3-12-14(11,13-4-2)5-6(10)8-9-7/h12-16,18,23-24,30-31,40-42,52,60-61H,8-11,17,19-22,25-29H2,1-7H3,(H,51,59);9-13,15,20-21,26,35-37,45,49,52-53H,7-8,14,16-19,22-25H2,1-6H3;3-5H2,1-2H3/t31-,40-,41+,42+,46-,47+,48+,49-,50-;26-,35-,36+,37+,40-,41+,42+,43-,44-;/m00./s1. The fourth-order valence-corrected chi connectivity index (χ4v) is 30.8. The number of carbonyl (C=O) groups is 7. The lowest BCUT2D eigenvalue weighted by Crippen LogP contribution is -2.81. The number of piperidine rings is 2. The molecule has 3 amide bonds. The SMILES string of the molecule is CCOP(=O)(CC(=O)N=[N+]=[N-])OCC.CCOP(=O)(CNC(=O)O[C@@H]1[C@]2(CC)C=CCN3CC[C@@]4(c5cc([C@@]6(C(=O)OC)C[C@H]7CN(CCc8c6[nH]c6ccccc86)C[C@](O)(CC)C7)c(OC)cc5N(C=O)[C@H]4[C@@]1(O)C(=O)OC)[C@@H]32)OCC.CC[C@]1(O)C[C@@H]2CN(CCc3c([nH]c4ccccc34)[C@@](C(=O)OC)(c3cc4c(cc3OC)N(C)[C@H]3[C@@](O)(C(=O)OC)[C@H](O)[C@]5(CC)C=CCN6CC[C@]43[C@@H]65)C2)C1. The molecule has 2 aromatic heterocycles. The zero-order valence-electron chi connectivity index (χ0n) is 82.1. The predicted octanol–water partition coefficient (Wildman–Crippen LogP) is 10.4. The van der Waals surface area contributed by atoms with E-state index in [0.717, 1.165) is 70.1 Å². The molecular formula is C100H134N12O25P2. The monoisotopic (exact) mass is 1960 g/mol. The van der Waals surface area contributed by atoms with Crippen LogP contribution in [-0.2, 0) is 114 Å². The second-order valence-electron chi connectivity index (χ2n) is 39.5. The van der Waals surface area contributed by atoms with Crippen molar-refractivity contribution in [3.63, 3.8) is 0 Å². The molecule has 2 spiro atoms. The first-order chi connectivity index (χ1) is 66.5. The summed E-state index contributed by atoms with van der Waals surface area (Å²) in [5, 5.41) is 70.3. The number of rotatable bonds is 26. The van der Waals surface area contributed by atoms with E-state index in [9.17, 15) is 58.6 Å². The molecule has 12 heterocycles. The van der Waals surface area contributed by atoms with Crippen LogP contribution >= 0.6 is 15.2 Å². The zero-order chi connectivity index (χ0) is 99.9. The number of methoxy groups -OCH3 is 6. The molecule has 2 unspecified atom stereocenters.